The van der Waals surface area contributed by atoms with Crippen LogP contribution in [0.25, 0.3) is 0 Å². The summed E-state index contributed by atoms with van der Waals surface area (Å²) in [5, 5.41) is 11.9. The summed E-state index contributed by atoms with van der Waals surface area (Å²) >= 11 is 3.11. The number of benzene rings is 1. The third-order valence-corrected chi connectivity index (χ3v) is 2.90. The van der Waals surface area contributed by atoms with Crippen molar-refractivity contribution in [3.05, 3.63) is 34.1 Å². The summed E-state index contributed by atoms with van der Waals surface area (Å²) in [6.07, 6.45) is -1.23. The second kappa shape index (κ2) is 5.93. The first-order valence-corrected chi connectivity index (χ1v) is 5.42. The maximum atomic E-state index is 13.1. The molecule has 6 heteroatoms. The van der Waals surface area contributed by atoms with Crippen LogP contribution in [0.15, 0.2) is 22.7 Å². The molecule has 0 saturated carbocycles. The molecular formula is C10H12BrFN2O2. The molecule has 1 amide bonds. The summed E-state index contributed by atoms with van der Waals surface area (Å²) in [4.78, 5) is 10.5. The molecule has 0 aromatic heterocycles. The Kier molecular flexibility index (Phi) is 4.85. The first-order valence-electron chi connectivity index (χ1n) is 4.63. The normalized spacial score (nSPS) is 12.4. The first kappa shape index (κ1) is 13.1. The standard InChI is InChI=1S/C10H12BrFN2O2/c11-9-6(2-1-3-7(9)12)4-14-5-8(15)10(13)16/h1-3,8,14-15H,4-5H2,(H2,13,16). The van der Waals surface area contributed by atoms with Gasteiger partial charge in [0.05, 0.1) is 4.47 Å². The molecule has 0 heterocycles. The van der Waals surface area contributed by atoms with Crippen LogP contribution in [0.3, 0.4) is 0 Å². The summed E-state index contributed by atoms with van der Waals surface area (Å²) in [6.45, 7) is 0.376. The topological polar surface area (TPSA) is 75.4 Å². The van der Waals surface area contributed by atoms with Gasteiger partial charge in [0.1, 0.15) is 11.9 Å². The van der Waals surface area contributed by atoms with E-state index in [4.69, 9.17) is 10.8 Å². The van der Waals surface area contributed by atoms with E-state index in [1.165, 1.54) is 6.07 Å². The molecule has 0 fully saturated rings. The maximum absolute atomic E-state index is 13.1. The lowest BCUT2D eigenvalue weighted by Gasteiger charge is -2.09. The molecule has 0 aliphatic rings. The average Bonchev–Trinajstić information content (AvgIpc) is 2.24. The second-order valence-corrected chi connectivity index (χ2v) is 4.06. The fraction of sp³-hybridized carbons (Fsp3) is 0.300. The zero-order valence-electron chi connectivity index (χ0n) is 8.41. The molecule has 1 unspecified atom stereocenters. The number of aliphatic hydroxyl groups is 1. The predicted molar refractivity (Wildman–Crippen MR) is 61.0 cm³/mol. The van der Waals surface area contributed by atoms with Gasteiger partial charge in [-0.1, -0.05) is 12.1 Å². The van der Waals surface area contributed by atoms with Crippen LogP contribution in [-0.4, -0.2) is 23.7 Å². The number of carbonyl (C=O) groups excluding carboxylic acids is 1. The molecule has 0 saturated heterocycles. The van der Waals surface area contributed by atoms with Crippen LogP contribution in [0, 0.1) is 5.82 Å². The van der Waals surface area contributed by atoms with Gasteiger partial charge in [0.15, 0.2) is 0 Å². The number of nitrogens with one attached hydrogen (secondary N) is 1. The molecule has 1 aromatic carbocycles. The van der Waals surface area contributed by atoms with Crippen LogP contribution < -0.4 is 11.1 Å². The Morgan fingerprint density at radius 1 is 1.62 bits per heavy atom. The number of carbonyl (C=O) groups is 1. The first-order chi connectivity index (χ1) is 7.52. The lowest BCUT2D eigenvalue weighted by atomic mass is 10.2. The van der Waals surface area contributed by atoms with E-state index in [1.54, 1.807) is 12.1 Å². The molecule has 88 valence electrons. The maximum Gasteiger partial charge on any atom is 0.247 e. The molecule has 0 bridgehead atoms. The monoisotopic (exact) mass is 290 g/mol. The van der Waals surface area contributed by atoms with Gasteiger partial charge in [0.25, 0.3) is 0 Å². The molecular weight excluding hydrogens is 279 g/mol. The quantitative estimate of drug-likeness (QED) is 0.740. The SMILES string of the molecule is NC(=O)C(O)CNCc1cccc(F)c1Br. The molecule has 0 aliphatic carbocycles. The minimum absolute atomic E-state index is 0.0400. The van der Waals surface area contributed by atoms with E-state index < -0.39 is 12.0 Å². The van der Waals surface area contributed by atoms with Crippen molar-refractivity contribution in [1.82, 2.24) is 5.32 Å². The molecule has 0 aliphatic heterocycles. The Labute approximate surface area is 101 Å². The fourth-order valence-electron chi connectivity index (χ4n) is 1.13. The van der Waals surface area contributed by atoms with Crippen molar-refractivity contribution in [1.29, 1.82) is 0 Å². The van der Waals surface area contributed by atoms with Crippen molar-refractivity contribution in [2.24, 2.45) is 5.73 Å². The van der Waals surface area contributed by atoms with Crippen molar-refractivity contribution in [3.63, 3.8) is 0 Å². The highest BCUT2D eigenvalue weighted by Gasteiger charge is 2.10. The van der Waals surface area contributed by atoms with Crippen LogP contribution in [0.4, 0.5) is 4.39 Å². The molecule has 4 N–H and O–H groups in total. The number of amides is 1. The summed E-state index contributed by atoms with van der Waals surface area (Å²) in [5.74, 6) is -1.14. The molecule has 0 spiro atoms. The molecule has 1 rings (SSSR count). The summed E-state index contributed by atoms with van der Waals surface area (Å²) in [5.41, 5.74) is 5.58. The Bertz CT molecular complexity index is 387. The highest BCUT2D eigenvalue weighted by molar-refractivity contribution is 9.10. The zero-order valence-corrected chi connectivity index (χ0v) is 10.00. The Morgan fingerprint density at radius 2 is 2.31 bits per heavy atom. The van der Waals surface area contributed by atoms with Crippen LogP contribution >= 0.6 is 15.9 Å². The smallest absolute Gasteiger partial charge is 0.247 e. The largest absolute Gasteiger partial charge is 0.382 e. The highest BCUT2D eigenvalue weighted by Crippen LogP contribution is 2.19. The molecule has 1 atom stereocenters. The molecule has 16 heavy (non-hydrogen) atoms. The highest BCUT2D eigenvalue weighted by atomic mass is 79.9. The van der Waals surface area contributed by atoms with Crippen molar-refractivity contribution < 1.29 is 14.3 Å². The molecule has 4 nitrogen and oxygen atoms in total. The lowest BCUT2D eigenvalue weighted by molar-refractivity contribution is -0.125. The van der Waals surface area contributed by atoms with E-state index in [1.807, 2.05) is 0 Å². The van der Waals surface area contributed by atoms with E-state index in [-0.39, 0.29) is 12.4 Å². The van der Waals surface area contributed by atoms with Crippen molar-refractivity contribution >= 4 is 21.8 Å². The fourth-order valence-corrected chi connectivity index (χ4v) is 1.53. The van der Waals surface area contributed by atoms with Crippen molar-refractivity contribution in [2.75, 3.05) is 6.54 Å². The predicted octanol–water partition coefficient (Wildman–Crippen LogP) is 0.524. The Balaban J connectivity index is 2.49. The number of hydrogen-bond donors (Lipinski definition) is 3. The van der Waals surface area contributed by atoms with Gasteiger partial charge in [-0.2, -0.15) is 0 Å². The van der Waals surface area contributed by atoms with Gasteiger partial charge >= 0.3 is 0 Å². The van der Waals surface area contributed by atoms with E-state index >= 15 is 0 Å². The lowest BCUT2D eigenvalue weighted by Crippen LogP contribution is -2.37. The third-order valence-electron chi connectivity index (χ3n) is 2.01. The third kappa shape index (κ3) is 3.55. The van der Waals surface area contributed by atoms with Gasteiger partial charge in [-0.25, -0.2) is 4.39 Å². The van der Waals surface area contributed by atoms with E-state index in [9.17, 15) is 9.18 Å². The second-order valence-electron chi connectivity index (χ2n) is 3.26. The summed E-state index contributed by atoms with van der Waals surface area (Å²) in [6, 6.07) is 4.66. The number of primary amides is 1. The van der Waals surface area contributed by atoms with E-state index in [2.05, 4.69) is 21.2 Å². The zero-order chi connectivity index (χ0) is 12.1. The average molecular weight is 291 g/mol. The van der Waals surface area contributed by atoms with Gasteiger partial charge < -0.3 is 16.2 Å². The summed E-state index contributed by atoms with van der Waals surface area (Å²) < 4.78 is 13.5. The minimum atomic E-state index is -1.23. The molecule has 0 radical (unpaired) electrons. The van der Waals surface area contributed by atoms with Gasteiger partial charge in [0, 0.05) is 13.1 Å². The molecule has 1 aromatic rings. The van der Waals surface area contributed by atoms with Gasteiger partial charge in [0.2, 0.25) is 5.91 Å². The van der Waals surface area contributed by atoms with Crippen LogP contribution in [0.5, 0.6) is 0 Å². The minimum Gasteiger partial charge on any atom is -0.382 e. The number of halogens is 2. The number of rotatable bonds is 5. The Morgan fingerprint density at radius 3 is 2.94 bits per heavy atom. The van der Waals surface area contributed by atoms with E-state index in [0.717, 1.165) is 0 Å². The van der Waals surface area contributed by atoms with Crippen molar-refractivity contribution in [2.45, 2.75) is 12.6 Å². The van der Waals surface area contributed by atoms with Crippen LogP contribution in [-0.2, 0) is 11.3 Å². The van der Waals surface area contributed by atoms with Crippen LogP contribution in [0.1, 0.15) is 5.56 Å². The van der Waals surface area contributed by atoms with Gasteiger partial charge in [-0.15, -0.1) is 0 Å². The van der Waals surface area contributed by atoms with Gasteiger partial charge in [-0.05, 0) is 27.6 Å². The Hall–Kier alpha value is -0.980. The number of aliphatic hydroxyl groups excluding tert-OH is 1. The summed E-state index contributed by atoms with van der Waals surface area (Å²) in [7, 11) is 0. The van der Waals surface area contributed by atoms with Gasteiger partial charge in [-0.3, -0.25) is 4.79 Å². The number of nitrogens with two attached hydrogens (primary N) is 1. The van der Waals surface area contributed by atoms with Crippen molar-refractivity contribution in [3.8, 4) is 0 Å². The van der Waals surface area contributed by atoms with Crippen LogP contribution in [0.2, 0.25) is 0 Å². The number of hydrogen-bond acceptors (Lipinski definition) is 3. The van der Waals surface area contributed by atoms with E-state index in [0.29, 0.717) is 16.6 Å².